The van der Waals surface area contributed by atoms with Crippen LogP contribution in [0.3, 0.4) is 0 Å². The SMILES string of the molecule is COc1cc(/C=N\NC(=O)[C@@H]2[C@@H]3CCCC[C@]23C)cc(Br)c1O. The molecule has 0 spiro atoms. The number of aromatic hydroxyl groups is 1. The Morgan fingerprint density at radius 3 is 2.96 bits per heavy atom. The number of carbonyl (C=O) groups is 1. The molecule has 0 saturated heterocycles. The molecule has 1 aromatic rings. The van der Waals surface area contributed by atoms with E-state index in [1.807, 2.05) is 0 Å². The van der Waals surface area contributed by atoms with Crippen molar-refractivity contribution in [3.8, 4) is 11.5 Å². The van der Waals surface area contributed by atoms with Crippen LogP contribution in [0.4, 0.5) is 0 Å². The largest absolute Gasteiger partial charge is 0.503 e. The Bertz CT molecular complexity index is 661. The number of benzene rings is 1. The average Bonchev–Trinajstić information content (AvgIpc) is 3.16. The Labute approximate surface area is 144 Å². The molecule has 0 aromatic heterocycles. The van der Waals surface area contributed by atoms with Crippen molar-refractivity contribution >= 4 is 28.1 Å². The summed E-state index contributed by atoms with van der Waals surface area (Å²) < 4.78 is 5.61. The summed E-state index contributed by atoms with van der Waals surface area (Å²) in [5, 5.41) is 13.8. The summed E-state index contributed by atoms with van der Waals surface area (Å²) in [6.45, 7) is 2.22. The van der Waals surface area contributed by atoms with Crippen LogP contribution in [0, 0.1) is 17.3 Å². The van der Waals surface area contributed by atoms with Gasteiger partial charge in [0.05, 0.1) is 17.8 Å². The van der Waals surface area contributed by atoms with Gasteiger partial charge in [-0.05, 0) is 57.8 Å². The molecule has 2 N–H and O–H groups in total. The van der Waals surface area contributed by atoms with Crippen LogP contribution >= 0.6 is 15.9 Å². The molecule has 0 heterocycles. The third-order valence-corrected chi connectivity index (χ3v) is 5.88. The molecule has 23 heavy (non-hydrogen) atoms. The van der Waals surface area contributed by atoms with E-state index in [0.29, 0.717) is 16.1 Å². The van der Waals surface area contributed by atoms with Gasteiger partial charge in [-0.3, -0.25) is 4.79 Å². The van der Waals surface area contributed by atoms with E-state index in [2.05, 4.69) is 33.4 Å². The number of hydrogen-bond acceptors (Lipinski definition) is 4. The van der Waals surface area contributed by atoms with Crippen molar-refractivity contribution in [1.29, 1.82) is 0 Å². The fourth-order valence-electron chi connectivity index (χ4n) is 3.91. The molecule has 0 radical (unpaired) electrons. The molecule has 2 aliphatic carbocycles. The van der Waals surface area contributed by atoms with Crippen molar-refractivity contribution < 1.29 is 14.6 Å². The minimum atomic E-state index is 0.0143. The van der Waals surface area contributed by atoms with Gasteiger partial charge >= 0.3 is 0 Å². The number of nitrogens with zero attached hydrogens (tertiary/aromatic N) is 1. The maximum absolute atomic E-state index is 12.3. The van der Waals surface area contributed by atoms with E-state index in [4.69, 9.17) is 4.74 Å². The summed E-state index contributed by atoms with van der Waals surface area (Å²) in [5.74, 6) is 1.04. The fraction of sp³-hybridized carbons (Fsp3) is 0.529. The van der Waals surface area contributed by atoms with Crippen LogP contribution in [0.5, 0.6) is 11.5 Å². The smallest absolute Gasteiger partial charge is 0.244 e. The van der Waals surface area contributed by atoms with E-state index in [9.17, 15) is 9.90 Å². The van der Waals surface area contributed by atoms with Gasteiger partial charge < -0.3 is 9.84 Å². The molecule has 124 valence electrons. The molecule has 0 aliphatic heterocycles. The second-order valence-electron chi connectivity index (χ2n) is 6.62. The van der Waals surface area contributed by atoms with Gasteiger partial charge in [-0.15, -0.1) is 0 Å². The second-order valence-corrected chi connectivity index (χ2v) is 7.48. The first-order chi connectivity index (χ1) is 11.0. The lowest BCUT2D eigenvalue weighted by atomic mass is 9.90. The van der Waals surface area contributed by atoms with E-state index in [0.717, 1.165) is 18.4 Å². The number of hydrazone groups is 1. The van der Waals surface area contributed by atoms with E-state index in [1.165, 1.54) is 20.0 Å². The maximum atomic E-state index is 12.3. The Morgan fingerprint density at radius 1 is 1.52 bits per heavy atom. The molecule has 2 aliphatic rings. The summed E-state index contributed by atoms with van der Waals surface area (Å²) in [4.78, 5) is 12.3. The van der Waals surface area contributed by atoms with Crippen molar-refractivity contribution in [3.05, 3.63) is 22.2 Å². The van der Waals surface area contributed by atoms with Crippen molar-refractivity contribution in [1.82, 2.24) is 5.43 Å². The highest BCUT2D eigenvalue weighted by molar-refractivity contribution is 9.10. The molecular weight excluding hydrogens is 360 g/mol. The van der Waals surface area contributed by atoms with Crippen molar-refractivity contribution in [2.45, 2.75) is 32.6 Å². The van der Waals surface area contributed by atoms with Gasteiger partial charge in [0.2, 0.25) is 5.91 Å². The molecule has 5 nitrogen and oxygen atoms in total. The molecular formula is C17H21BrN2O3. The number of nitrogens with one attached hydrogen (secondary N) is 1. The molecule has 2 fully saturated rings. The van der Waals surface area contributed by atoms with Crippen LogP contribution in [0.2, 0.25) is 0 Å². The number of methoxy groups -OCH3 is 1. The summed E-state index contributed by atoms with van der Waals surface area (Å²) in [6, 6.07) is 3.37. The van der Waals surface area contributed by atoms with Crippen molar-refractivity contribution in [2.75, 3.05) is 7.11 Å². The number of rotatable bonds is 4. The maximum Gasteiger partial charge on any atom is 0.244 e. The summed E-state index contributed by atoms with van der Waals surface area (Å²) in [5.41, 5.74) is 3.57. The first-order valence-electron chi connectivity index (χ1n) is 7.87. The normalized spacial score (nSPS) is 29.2. The van der Waals surface area contributed by atoms with Gasteiger partial charge in [0.25, 0.3) is 0 Å². The molecule has 0 unspecified atom stereocenters. The number of ether oxygens (including phenoxy) is 1. The molecule has 2 saturated carbocycles. The van der Waals surface area contributed by atoms with Crippen LogP contribution in [0.25, 0.3) is 0 Å². The standard InChI is InChI=1S/C17H21BrN2O3/c1-17-6-4-3-5-11(17)14(17)16(22)20-19-9-10-7-12(18)15(21)13(8-10)23-2/h7-9,11,14,21H,3-6H2,1-2H3,(H,20,22)/b19-9-/t11-,14-,17-/m0/s1. The Hall–Kier alpha value is -1.56. The highest BCUT2D eigenvalue weighted by Crippen LogP contribution is 2.66. The van der Waals surface area contributed by atoms with Crippen molar-refractivity contribution in [3.63, 3.8) is 0 Å². The molecule has 0 bridgehead atoms. The molecule has 1 amide bonds. The summed E-state index contributed by atoms with van der Waals surface area (Å²) in [6.07, 6.45) is 6.30. The quantitative estimate of drug-likeness (QED) is 0.620. The molecule has 3 atom stereocenters. The molecule has 1 aromatic carbocycles. The lowest BCUT2D eigenvalue weighted by molar-refractivity contribution is -0.123. The number of phenolic OH excluding ortho intramolecular Hbond substituents is 1. The average molecular weight is 381 g/mol. The number of halogens is 1. The van der Waals surface area contributed by atoms with Gasteiger partial charge in [-0.25, -0.2) is 5.43 Å². The van der Waals surface area contributed by atoms with E-state index in [1.54, 1.807) is 18.3 Å². The number of hydrogen-bond donors (Lipinski definition) is 2. The lowest BCUT2D eigenvalue weighted by Crippen LogP contribution is -2.22. The van der Waals surface area contributed by atoms with Crippen LogP contribution in [0.15, 0.2) is 21.7 Å². The Morgan fingerprint density at radius 2 is 2.30 bits per heavy atom. The summed E-state index contributed by atoms with van der Waals surface area (Å²) >= 11 is 3.26. The minimum Gasteiger partial charge on any atom is -0.503 e. The van der Waals surface area contributed by atoms with Gasteiger partial charge in [-0.1, -0.05) is 19.8 Å². The zero-order chi connectivity index (χ0) is 16.6. The predicted octanol–water partition coefficient (Wildman–Crippen LogP) is 3.44. The van der Waals surface area contributed by atoms with E-state index >= 15 is 0 Å². The van der Waals surface area contributed by atoms with Crippen LogP contribution in [-0.2, 0) is 4.79 Å². The zero-order valence-corrected chi connectivity index (χ0v) is 14.9. The highest BCUT2D eigenvalue weighted by atomic mass is 79.9. The third-order valence-electron chi connectivity index (χ3n) is 5.27. The minimum absolute atomic E-state index is 0.0143. The molecule has 6 heteroatoms. The fourth-order valence-corrected chi connectivity index (χ4v) is 4.37. The predicted molar refractivity (Wildman–Crippen MR) is 91.7 cm³/mol. The summed E-state index contributed by atoms with van der Waals surface area (Å²) in [7, 11) is 1.49. The number of phenols is 1. The van der Waals surface area contributed by atoms with Gasteiger partial charge in [0, 0.05) is 5.92 Å². The third kappa shape index (κ3) is 2.96. The number of carbonyl (C=O) groups excluding carboxylic acids is 1. The number of amides is 1. The Kier molecular flexibility index (Phi) is 4.36. The van der Waals surface area contributed by atoms with Crippen molar-refractivity contribution in [2.24, 2.45) is 22.4 Å². The lowest BCUT2D eigenvalue weighted by Gasteiger charge is -2.15. The van der Waals surface area contributed by atoms with Gasteiger partial charge in [0.1, 0.15) is 0 Å². The zero-order valence-electron chi connectivity index (χ0n) is 13.3. The second kappa shape index (κ2) is 6.15. The van der Waals surface area contributed by atoms with Crippen LogP contribution < -0.4 is 10.2 Å². The Balaban J connectivity index is 1.63. The topological polar surface area (TPSA) is 70.9 Å². The first-order valence-corrected chi connectivity index (χ1v) is 8.66. The van der Waals surface area contributed by atoms with E-state index in [-0.39, 0.29) is 23.0 Å². The van der Waals surface area contributed by atoms with Crippen LogP contribution in [-0.4, -0.2) is 24.3 Å². The van der Waals surface area contributed by atoms with Gasteiger partial charge in [-0.2, -0.15) is 5.10 Å². The monoisotopic (exact) mass is 380 g/mol. The van der Waals surface area contributed by atoms with E-state index < -0.39 is 0 Å². The highest BCUT2D eigenvalue weighted by Gasteiger charge is 2.64. The van der Waals surface area contributed by atoms with Gasteiger partial charge in [0.15, 0.2) is 11.5 Å². The molecule has 3 rings (SSSR count). The number of fused-ring (bicyclic) bond motifs is 1. The van der Waals surface area contributed by atoms with Crippen LogP contribution in [0.1, 0.15) is 38.2 Å². The first kappa shape index (κ1) is 16.3.